The van der Waals surface area contributed by atoms with E-state index in [1.54, 1.807) is 0 Å². The van der Waals surface area contributed by atoms with E-state index in [-0.39, 0.29) is 0 Å². The zero-order valence-corrected chi connectivity index (χ0v) is 10.8. The molecule has 0 bridgehead atoms. The van der Waals surface area contributed by atoms with Crippen molar-refractivity contribution in [2.45, 2.75) is 20.8 Å². The molecule has 0 unspecified atom stereocenters. The SMILES string of the molecule is Cc1cnn(C)c1/C=C(\CBr)C(C)C. The van der Waals surface area contributed by atoms with Gasteiger partial charge >= 0.3 is 0 Å². The minimum Gasteiger partial charge on any atom is -0.268 e. The summed E-state index contributed by atoms with van der Waals surface area (Å²) in [6, 6.07) is 0. The van der Waals surface area contributed by atoms with Crippen LogP contribution < -0.4 is 0 Å². The molecule has 2 nitrogen and oxygen atoms in total. The number of hydrogen-bond donors (Lipinski definition) is 0. The normalized spacial score (nSPS) is 12.6. The van der Waals surface area contributed by atoms with Crippen molar-refractivity contribution >= 4 is 22.0 Å². The van der Waals surface area contributed by atoms with Crippen LogP contribution in [-0.2, 0) is 7.05 Å². The molecule has 0 fully saturated rings. The fourth-order valence-corrected chi connectivity index (χ4v) is 2.11. The average molecular weight is 257 g/mol. The Hall–Kier alpha value is -0.570. The predicted molar refractivity (Wildman–Crippen MR) is 64.6 cm³/mol. The van der Waals surface area contributed by atoms with Gasteiger partial charge in [0, 0.05) is 12.4 Å². The van der Waals surface area contributed by atoms with Crippen molar-refractivity contribution in [1.82, 2.24) is 9.78 Å². The molecule has 0 N–H and O–H groups in total. The Kier molecular flexibility index (Phi) is 3.93. The molecule has 0 amide bonds. The molecule has 1 aromatic heterocycles. The summed E-state index contributed by atoms with van der Waals surface area (Å²) >= 11 is 3.51. The van der Waals surface area contributed by atoms with Gasteiger partial charge in [-0.25, -0.2) is 0 Å². The molecule has 0 aliphatic carbocycles. The lowest BCUT2D eigenvalue weighted by atomic mass is 10.0. The molecule has 1 heterocycles. The van der Waals surface area contributed by atoms with E-state index >= 15 is 0 Å². The van der Waals surface area contributed by atoms with Crippen LogP contribution >= 0.6 is 15.9 Å². The van der Waals surface area contributed by atoms with Crippen LogP contribution in [0.2, 0.25) is 0 Å². The van der Waals surface area contributed by atoms with E-state index in [9.17, 15) is 0 Å². The first kappa shape index (κ1) is 11.5. The number of aryl methyl sites for hydroxylation is 2. The van der Waals surface area contributed by atoms with Gasteiger partial charge in [0.2, 0.25) is 0 Å². The summed E-state index contributed by atoms with van der Waals surface area (Å²) in [5, 5.41) is 5.15. The molecule has 0 saturated heterocycles. The predicted octanol–water partition coefficient (Wildman–Crippen LogP) is 3.16. The van der Waals surface area contributed by atoms with Crippen molar-refractivity contribution in [3.8, 4) is 0 Å². The average Bonchev–Trinajstić information content (AvgIpc) is 2.43. The first-order valence-corrected chi connectivity index (χ1v) is 5.93. The Morgan fingerprint density at radius 2 is 2.29 bits per heavy atom. The zero-order chi connectivity index (χ0) is 10.7. The van der Waals surface area contributed by atoms with E-state index in [1.165, 1.54) is 16.8 Å². The fourth-order valence-electron chi connectivity index (χ4n) is 1.30. The largest absolute Gasteiger partial charge is 0.268 e. The Morgan fingerprint density at radius 1 is 1.64 bits per heavy atom. The molecular weight excluding hydrogens is 240 g/mol. The van der Waals surface area contributed by atoms with Crippen molar-refractivity contribution in [3.63, 3.8) is 0 Å². The van der Waals surface area contributed by atoms with Gasteiger partial charge in [-0.2, -0.15) is 5.10 Å². The van der Waals surface area contributed by atoms with Crippen molar-refractivity contribution < 1.29 is 0 Å². The molecule has 1 aromatic rings. The monoisotopic (exact) mass is 256 g/mol. The fraction of sp³-hybridized carbons (Fsp3) is 0.545. The second kappa shape index (κ2) is 4.78. The van der Waals surface area contributed by atoms with Gasteiger partial charge in [0.05, 0.1) is 11.9 Å². The molecule has 0 aliphatic heterocycles. The molecule has 0 spiro atoms. The minimum atomic E-state index is 0.573. The number of aromatic nitrogens is 2. The second-order valence-electron chi connectivity index (χ2n) is 3.84. The number of hydrogen-bond acceptors (Lipinski definition) is 1. The molecule has 0 saturated carbocycles. The third kappa shape index (κ3) is 2.47. The minimum absolute atomic E-state index is 0.573. The highest BCUT2D eigenvalue weighted by atomic mass is 79.9. The summed E-state index contributed by atoms with van der Waals surface area (Å²) in [4.78, 5) is 0. The zero-order valence-electron chi connectivity index (χ0n) is 9.21. The van der Waals surface area contributed by atoms with Crippen molar-refractivity contribution in [1.29, 1.82) is 0 Å². The van der Waals surface area contributed by atoms with Gasteiger partial charge < -0.3 is 0 Å². The summed E-state index contributed by atoms with van der Waals surface area (Å²) in [6.45, 7) is 6.50. The van der Waals surface area contributed by atoms with E-state index in [0.29, 0.717) is 5.92 Å². The lowest BCUT2D eigenvalue weighted by molar-refractivity contribution is 0.750. The van der Waals surface area contributed by atoms with Crippen LogP contribution in [-0.4, -0.2) is 15.1 Å². The van der Waals surface area contributed by atoms with E-state index in [1.807, 2.05) is 17.9 Å². The number of alkyl halides is 1. The van der Waals surface area contributed by atoms with Crippen LogP contribution in [0, 0.1) is 12.8 Å². The Labute approximate surface area is 94.1 Å². The van der Waals surface area contributed by atoms with E-state index in [0.717, 1.165) is 5.33 Å². The third-order valence-electron chi connectivity index (χ3n) is 2.40. The van der Waals surface area contributed by atoms with Gasteiger partial charge in [-0.3, -0.25) is 4.68 Å². The summed E-state index contributed by atoms with van der Waals surface area (Å²) in [5.41, 5.74) is 3.83. The highest BCUT2D eigenvalue weighted by Crippen LogP contribution is 2.18. The van der Waals surface area contributed by atoms with Crippen LogP contribution in [0.3, 0.4) is 0 Å². The maximum absolute atomic E-state index is 4.22. The van der Waals surface area contributed by atoms with E-state index < -0.39 is 0 Å². The maximum atomic E-state index is 4.22. The van der Waals surface area contributed by atoms with Crippen molar-refractivity contribution in [2.75, 3.05) is 5.33 Å². The number of rotatable bonds is 3. The van der Waals surface area contributed by atoms with Crippen molar-refractivity contribution in [2.24, 2.45) is 13.0 Å². The molecule has 78 valence electrons. The summed E-state index contributed by atoms with van der Waals surface area (Å²) < 4.78 is 1.92. The smallest absolute Gasteiger partial charge is 0.0635 e. The van der Waals surface area contributed by atoms with Crippen LogP contribution in [0.15, 0.2) is 11.8 Å². The third-order valence-corrected chi connectivity index (χ3v) is 3.04. The van der Waals surface area contributed by atoms with Gasteiger partial charge in [-0.05, 0) is 24.5 Å². The molecule has 1 rings (SSSR count). The summed E-state index contributed by atoms with van der Waals surface area (Å²) in [7, 11) is 1.98. The number of halogens is 1. The highest BCUT2D eigenvalue weighted by Gasteiger charge is 2.05. The second-order valence-corrected chi connectivity index (χ2v) is 4.40. The van der Waals surface area contributed by atoms with Crippen LogP contribution in [0.1, 0.15) is 25.1 Å². The highest BCUT2D eigenvalue weighted by molar-refractivity contribution is 9.09. The molecular formula is C11H17BrN2. The topological polar surface area (TPSA) is 17.8 Å². The molecule has 3 heteroatoms. The lowest BCUT2D eigenvalue weighted by Crippen LogP contribution is -1.99. The molecule has 0 atom stereocenters. The molecule has 0 aromatic carbocycles. The van der Waals surface area contributed by atoms with Gasteiger partial charge in [0.15, 0.2) is 0 Å². The van der Waals surface area contributed by atoms with E-state index in [4.69, 9.17) is 0 Å². The van der Waals surface area contributed by atoms with Gasteiger partial charge in [-0.15, -0.1) is 0 Å². The van der Waals surface area contributed by atoms with E-state index in [2.05, 4.69) is 47.9 Å². The Bertz CT molecular complexity index is 318. The van der Waals surface area contributed by atoms with Crippen LogP contribution in [0.5, 0.6) is 0 Å². The molecule has 0 aliphatic rings. The molecule has 0 radical (unpaired) electrons. The van der Waals surface area contributed by atoms with Crippen LogP contribution in [0.4, 0.5) is 0 Å². The maximum Gasteiger partial charge on any atom is 0.0635 e. The first-order valence-electron chi connectivity index (χ1n) is 4.81. The van der Waals surface area contributed by atoms with Gasteiger partial charge in [0.1, 0.15) is 0 Å². The van der Waals surface area contributed by atoms with Gasteiger partial charge in [0.25, 0.3) is 0 Å². The van der Waals surface area contributed by atoms with Crippen molar-refractivity contribution in [3.05, 3.63) is 23.0 Å². The lowest BCUT2D eigenvalue weighted by Gasteiger charge is -2.08. The quantitative estimate of drug-likeness (QED) is 0.760. The summed E-state index contributed by atoms with van der Waals surface area (Å²) in [5.74, 6) is 0.573. The van der Waals surface area contributed by atoms with Gasteiger partial charge in [-0.1, -0.05) is 35.4 Å². The first-order chi connectivity index (χ1) is 6.56. The van der Waals surface area contributed by atoms with Crippen LogP contribution in [0.25, 0.3) is 6.08 Å². The number of nitrogens with zero attached hydrogens (tertiary/aromatic N) is 2. The number of allylic oxidation sites excluding steroid dienone is 1. The Morgan fingerprint density at radius 3 is 2.64 bits per heavy atom. The summed E-state index contributed by atoms with van der Waals surface area (Å²) in [6.07, 6.45) is 4.12. The molecule has 14 heavy (non-hydrogen) atoms. The standard InChI is InChI=1S/C11H17BrN2/c1-8(2)10(6-12)5-11-9(3)7-13-14(11)4/h5,7-8H,6H2,1-4H3/b10-5+. The Balaban J connectivity index is 3.05.